The van der Waals surface area contributed by atoms with Gasteiger partial charge in [0.05, 0.1) is 13.2 Å². The minimum absolute atomic E-state index is 0.368. The van der Waals surface area contributed by atoms with Crippen LogP contribution in [0.4, 0.5) is 0 Å². The molecule has 0 aliphatic heterocycles. The van der Waals surface area contributed by atoms with Gasteiger partial charge in [-0.25, -0.2) is 4.79 Å². The van der Waals surface area contributed by atoms with Crippen molar-refractivity contribution in [3.63, 3.8) is 0 Å². The molecule has 0 unspecified atom stereocenters. The Labute approximate surface area is 72.8 Å². The molecule has 3 heteroatoms. The van der Waals surface area contributed by atoms with Crippen LogP contribution in [0.2, 0.25) is 0 Å². The number of nitrogens with one attached hydrogen (secondary N) is 1. The summed E-state index contributed by atoms with van der Waals surface area (Å²) in [6.07, 6.45) is 4.99. The van der Waals surface area contributed by atoms with E-state index in [0.717, 1.165) is 0 Å². The van der Waals surface area contributed by atoms with Crippen molar-refractivity contribution in [1.29, 1.82) is 0 Å². The van der Waals surface area contributed by atoms with Gasteiger partial charge in [0.15, 0.2) is 0 Å². The zero-order chi connectivity index (χ0) is 9.40. The van der Waals surface area contributed by atoms with E-state index in [9.17, 15) is 4.79 Å². The molecular weight excluding hydrogens is 154 g/mol. The van der Waals surface area contributed by atoms with Crippen LogP contribution in [0, 0.1) is 12.3 Å². The smallest absolute Gasteiger partial charge is 0.334 e. The van der Waals surface area contributed by atoms with E-state index in [1.807, 2.05) is 0 Å². The molecule has 0 aromatic carbocycles. The number of terminal acetylenes is 1. The first kappa shape index (κ1) is 10.7. The van der Waals surface area contributed by atoms with Crippen molar-refractivity contribution < 1.29 is 9.53 Å². The predicted molar refractivity (Wildman–Crippen MR) is 47.5 cm³/mol. The highest BCUT2D eigenvalue weighted by molar-refractivity contribution is 5.88. The highest BCUT2D eigenvalue weighted by Gasteiger charge is 2.05. The molecular formula is C9H13NO2. The SMILES string of the molecule is C#CCNCC(=C)C(=O)OCC. The Balaban J connectivity index is 3.59. The summed E-state index contributed by atoms with van der Waals surface area (Å²) in [6.45, 7) is 6.46. The van der Waals surface area contributed by atoms with Crippen molar-refractivity contribution in [2.24, 2.45) is 0 Å². The minimum Gasteiger partial charge on any atom is -0.463 e. The van der Waals surface area contributed by atoms with E-state index in [0.29, 0.717) is 25.3 Å². The first-order valence-electron chi connectivity index (χ1n) is 3.71. The Morgan fingerprint density at radius 3 is 2.92 bits per heavy atom. The predicted octanol–water partition coefficient (Wildman–Crippen LogP) is 0.329. The molecule has 3 nitrogen and oxygen atoms in total. The van der Waals surface area contributed by atoms with Crippen LogP contribution >= 0.6 is 0 Å². The van der Waals surface area contributed by atoms with Gasteiger partial charge >= 0.3 is 5.97 Å². The minimum atomic E-state index is -0.373. The molecule has 0 saturated carbocycles. The highest BCUT2D eigenvalue weighted by Crippen LogP contribution is 1.91. The van der Waals surface area contributed by atoms with Gasteiger partial charge in [0.2, 0.25) is 0 Å². The molecule has 0 saturated heterocycles. The van der Waals surface area contributed by atoms with Crippen LogP contribution in [0.1, 0.15) is 6.92 Å². The second kappa shape index (κ2) is 6.44. The van der Waals surface area contributed by atoms with Crippen LogP contribution in [-0.2, 0) is 9.53 Å². The lowest BCUT2D eigenvalue weighted by molar-refractivity contribution is -0.138. The van der Waals surface area contributed by atoms with Crippen molar-refractivity contribution in [1.82, 2.24) is 5.32 Å². The number of carbonyl (C=O) groups is 1. The van der Waals surface area contributed by atoms with E-state index in [2.05, 4.69) is 17.8 Å². The molecule has 66 valence electrons. The zero-order valence-corrected chi connectivity index (χ0v) is 7.22. The third-order valence-corrected chi connectivity index (χ3v) is 1.13. The van der Waals surface area contributed by atoms with Gasteiger partial charge in [-0.1, -0.05) is 12.5 Å². The van der Waals surface area contributed by atoms with Crippen LogP contribution in [0.15, 0.2) is 12.2 Å². The average Bonchev–Trinajstić information content (AvgIpc) is 2.05. The molecule has 12 heavy (non-hydrogen) atoms. The largest absolute Gasteiger partial charge is 0.463 e. The fourth-order valence-corrected chi connectivity index (χ4v) is 0.591. The van der Waals surface area contributed by atoms with E-state index in [1.165, 1.54) is 0 Å². The summed E-state index contributed by atoms with van der Waals surface area (Å²) in [5.74, 6) is 2.02. The molecule has 0 fully saturated rings. The number of ether oxygens (including phenoxy) is 1. The zero-order valence-electron chi connectivity index (χ0n) is 7.22. The summed E-state index contributed by atoms with van der Waals surface area (Å²) in [5.41, 5.74) is 0.395. The van der Waals surface area contributed by atoms with Crippen molar-refractivity contribution >= 4 is 5.97 Å². The van der Waals surface area contributed by atoms with Gasteiger partial charge in [-0.05, 0) is 6.92 Å². The third-order valence-electron chi connectivity index (χ3n) is 1.13. The van der Waals surface area contributed by atoms with E-state index in [4.69, 9.17) is 11.2 Å². The molecule has 0 aromatic rings. The quantitative estimate of drug-likeness (QED) is 0.277. The first-order chi connectivity index (χ1) is 5.72. The number of esters is 1. The Morgan fingerprint density at radius 2 is 2.42 bits per heavy atom. The summed E-state index contributed by atoms with van der Waals surface area (Å²) in [4.78, 5) is 10.9. The molecule has 0 heterocycles. The molecule has 0 amide bonds. The van der Waals surface area contributed by atoms with Gasteiger partial charge in [-0.2, -0.15) is 0 Å². The molecule has 0 spiro atoms. The maximum Gasteiger partial charge on any atom is 0.334 e. The second-order valence-electron chi connectivity index (χ2n) is 2.13. The molecule has 0 aromatic heterocycles. The average molecular weight is 167 g/mol. The summed E-state index contributed by atoms with van der Waals surface area (Å²) >= 11 is 0. The van der Waals surface area contributed by atoms with E-state index < -0.39 is 0 Å². The highest BCUT2D eigenvalue weighted by atomic mass is 16.5. The van der Waals surface area contributed by atoms with E-state index in [-0.39, 0.29) is 5.97 Å². The summed E-state index contributed by atoms with van der Waals surface area (Å²) in [5, 5.41) is 2.84. The monoisotopic (exact) mass is 167 g/mol. The first-order valence-corrected chi connectivity index (χ1v) is 3.71. The maximum atomic E-state index is 10.9. The Bertz CT molecular complexity index is 203. The molecule has 0 atom stereocenters. The van der Waals surface area contributed by atoms with Crippen molar-refractivity contribution in [2.45, 2.75) is 6.92 Å². The maximum absolute atomic E-state index is 10.9. The fourth-order valence-electron chi connectivity index (χ4n) is 0.591. The number of hydrogen-bond donors (Lipinski definition) is 1. The van der Waals surface area contributed by atoms with E-state index in [1.54, 1.807) is 6.92 Å². The molecule has 0 radical (unpaired) electrons. The van der Waals surface area contributed by atoms with Crippen LogP contribution < -0.4 is 5.32 Å². The molecule has 0 rings (SSSR count). The molecule has 1 N–H and O–H groups in total. The Morgan fingerprint density at radius 1 is 1.75 bits per heavy atom. The lowest BCUT2D eigenvalue weighted by Crippen LogP contribution is -2.21. The van der Waals surface area contributed by atoms with Crippen molar-refractivity contribution in [2.75, 3.05) is 19.7 Å². The van der Waals surface area contributed by atoms with Crippen LogP contribution in [0.25, 0.3) is 0 Å². The third kappa shape index (κ3) is 4.53. The Hall–Kier alpha value is -1.27. The summed E-state index contributed by atoms with van der Waals surface area (Å²) in [6, 6.07) is 0. The summed E-state index contributed by atoms with van der Waals surface area (Å²) < 4.78 is 4.70. The van der Waals surface area contributed by atoms with Gasteiger partial charge in [-0.3, -0.25) is 0 Å². The van der Waals surface area contributed by atoms with Crippen molar-refractivity contribution in [3.05, 3.63) is 12.2 Å². The van der Waals surface area contributed by atoms with Crippen LogP contribution in [-0.4, -0.2) is 25.7 Å². The van der Waals surface area contributed by atoms with Gasteiger partial charge in [0, 0.05) is 12.1 Å². The van der Waals surface area contributed by atoms with Gasteiger partial charge in [0.25, 0.3) is 0 Å². The van der Waals surface area contributed by atoms with Gasteiger partial charge < -0.3 is 10.1 Å². The lowest BCUT2D eigenvalue weighted by atomic mass is 10.3. The second-order valence-corrected chi connectivity index (χ2v) is 2.13. The van der Waals surface area contributed by atoms with E-state index >= 15 is 0 Å². The normalized spacial score (nSPS) is 8.67. The topological polar surface area (TPSA) is 38.3 Å². The molecule has 0 aliphatic carbocycles. The summed E-state index contributed by atoms with van der Waals surface area (Å²) in [7, 11) is 0. The lowest BCUT2D eigenvalue weighted by Gasteiger charge is -2.04. The number of carbonyl (C=O) groups excluding carboxylic acids is 1. The number of rotatable bonds is 5. The van der Waals surface area contributed by atoms with Crippen LogP contribution in [0.3, 0.4) is 0 Å². The Kier molecular flexibility index (Phi) is 5.76. The van der Waals surface area contributed by atoms with Gasteiger partial charge in [0.1, 0.15) is 0 Å². The number of hydrogen-bond acceptors (Lipinski definition) is 3. The fraction of sp³-hybridized carbons (Fsp3) is 0.444. The molecule has 0 bridgehead atoms. The van der Waals surface area contributed by atoms with Crippen LogP contribution in [0.5, 0.6) is 0 Å². The van der Waals surface area contributed by atoms with Gasteiger partial charge in [-0.15, -0.1) is 6.42 Å². The molecule has 0 aliphatic rings. The van der Waals surface area contributed by atoms with Crippen molar-refractivity contribution in [3.8, 4) is 12.3 Å². The standard InChI is InChI=1S/C9H13NO2/c1-4-6-10-7-8(3)9(11)12-5-2/h1,10H,3,5-7H2,2H3.